The third kappa shape index (κ3) is 1.63. The minimum atomic E-state index is 0.323. The molecule has 0 amide bonds. The van der Waals surface area contributed by atoms with E-state index in [1.54, 1.807) is 18.2 Å². The van der Waals surface area contributed by atoms with E-state index in [4.69, 9.17) is 21.6 Å². The van der Waals surface area contributed by atoms with E-state index in [0.717, 1.165) is 15.8 Å². The molecule has 0 saturated carbocycles. The summed E-state index contributed by atoms with van der Waals surface area (Å²) in [7, 11) is 0. The molecule has 0 unspecified atom stereocenters. The van der Waals surface area contributed by atoms with Crippen LogP contribution in [0.3, 0.4) is 0 Å². The predicted molar refractivity (Wildman–Crippen MR) is 58.2 cm³/mol. The molecule has 1 aliphatic rings. The summed E-state index contributed by atoms with van der Waals surface area (Å²) in [6, 6.07) is 5.61. The van der Waals surface area contributed by atoms with Gasteiger partial charge >= 0.3 is 0 Å². The van der Waals surface area contributed by atoms with Gasteiger partial charge in [-0.15, -0.1) is 0 Å². The molecule has 1 heterocycles. The summed E-state index contributed by atoms with van der Waals surface area (Å²) in [5.74, 6) is 0.744. The fourth-order valence-corrected chi connectivity index (χ4v) is 2.23. The highest BCUT2D eigenvalue weighted by Gasteiger charge is 2.14. The minimum Gasteiger partial charge on any atom is -0.486 e. The van der Waals surface area contributed by atoms with Crippen molar-refractivity contribution in [2.24, 2.45) is 0 Å². The van der Waals surface area contributed by atoms with Crippen molar-refractivity contribution < 1.29 is 4.74 Å². The zero-order valence-corrected chi connectivity index (χ0v) is 9.39. The molecule has 70 valence electrons. The Labute approximate surface area is 94.9 Å². The first-order valence-electron chi connectivity index (χ1n) is 3.93. The lowest BCUT2D eigenvalue weighted by atomic mass is 10.1. The van der Waals surface area contributed by atoms with E-state index in [9.17, 15) is 0 Å². The molecule has 0 atom stereocenters. The van der Waals surface area contributed by atoms with Crippen LogP contribution in [0.2, 0.25) is 5.02 Å². The average molecular weight is 271 g/mol. The van der Waals surface area contributed by atoms with Gasteiger partial charge in [-0.1, -0.05) is 11.6 Å². The molecule has 0 aliphatic carbocycles. The van der Waals surface area contributed by atoms with Crippen molar-refractivity contribution in [3.8, 4) is 11.8 Å². The summed E-state index contributed by atoms with van der Waals surface area (Å²) in [5, 5.41) is 9.33. The van der Waals surface area contributed by atoms with Crippen LogP contribution < -0.4 is 4.74 Å². The number of rotatable bonds is 0. The van der Waals surface area contributed by atoms with E-state index in [1.807, 2.05) is 0 Å². The molecule has 1 aromatic carbocycles. The SMILES string of the molecule is N#CC1=Cc2cc(Cl)cc(Br)c2OC1. The second-order valence-corrected chi connectivity index (χ2v) is 4.17. The van der Waals surface area contributed by atoms with Crippen molar-refractivity contribution in [1.82, 2.24) is 0 Å². The second-order valence-electron chi connectivity index (χ2n) is 2.88. The predicted octanol–water partition coefficient (Wildman–Crippen LogP) is 3.40. The van der Waals surface area contributed by atoms with Gasteiger partial charge in [-0.05, 0) is 34.1 Å². The van der Waals surface area contributed by atoms with E-state index in [2.05, 4.69) is 22.0 Å². The molecule has 0 aromatic heterocycles. The Bertz CT molecular complexity index is 462. The van der Waals surface area contributed by atoms with Gasteiger partial charge in [-0.2, -0.15) is 5.26 Å². The smallest absolute Gasteiger partial charge is 0.141 e. The molecule has 0 saturated heterocycles. The summed E-state index contributed by atoms with van der Waals surface area (Å²) < 4.78 is 6.23. The van der Waals surface area contributed by atoms with Crippen molar-refractivity contribution in [2.45, 2.75) is 0 Å². The summed E-state index contributed by atoms with van der Waals surface area (Å²) >= 11 is 9.23. The van der Waals surface area contributed by atoms with Crippen LogP contribution in [0.5, 0.6) is 5.75 Å². The number of fused-ring (bicyclic) bond motifs is 1. The van der Waals surface area contributed by atoms with Crippen molar-refractivity contribution in [1.29, 1.82) is 5.26 Å². The first kappa shape index (κ1) is 9.57. The van der Waals surface area contributed by atoms with Crippen molar-refractivity contribution >= 4 is 33.6 Å². The first-order chi connectivity index (χ1) is 6.70. The van der Waals surface area contributed by atoms with Gasteiger partial charge in [0.1, 0.15) is 12.4 Å². The standard InChI is InChI=1S/C10H5BrClNO/c11-9-3-8(12)2-7-1-6(4-13)5-14-10(7)9/h1-3H,5H2. The Hall–Kier alpha value is -0.980. The third-order valence-electron chi connectivity index (χ3n) is 1.88. The quantitative estimate of drug-likeness (QED) is 0.724. The van der Waals surface area contributed by atoms with E-state index >= 15 is 0 Å². The van der Waals surface area contributed by atoms with Crippen LogP contribution in [0.15, 0.2) is 22.2 Å². The van der Waals surface area contributed by atoms with E-state index in [-0.39, 0.29) is 0 Å². The minimum absolute atomic E-state index is 0.323. The molecule has 0 fully saturated rings. The Balaban J connectivity index is 2.59. The van der Waals surface area contributed by atoms with Crippen LogP contribution in [0, 0.1) is 11.3 Å². The van der Waals surface area contributed by atoms with Gasteiger partial charge in [0.25, 0.3) is 0 Å². The monoisotopic (exact) mass is 269 g/mol. The number of hydrogen-bond donors (Lipinski definition) is 0. The highest BCUT2D eigenvalue weighted by atomic mass is 79.9. The van der Waals surface area contributed by atoms with Crippen molar-refractivity contribution in [3.63, 3.8) is 0 Å². The summed E-state index contributed by atoms with van der Waals surface area (Å²) in [4.78, 5) is 0. The maximum Gasteiger partial charge on any atom is 0.141 e. The molecular weight excluding hydrogens is 265 g/mol. The average Bonchev–Trinajstić information content (AvgIpc) is 2.16. The lowest BCUT2D eigenvalue weighted by Crippen LogP contribution is -2.06. The lowest BCUT2D eigenvalue weighted by Gasteiger charge is -2.16. The molecule has 0 radical (unpaired) electrons. The number of nitriles is 1. The zero-order valence-electron chi connectivity index (χ0n) is 7.05. The number of hydrogen-bond acceptors (Lipinski definition) is 2. The molecule has 4 heteroatoms. The van der Waals surface area contributed by atoms with Crippen LogP contribution in [-0.2, 0) is 0 Å². The molecule has 0 N–H and O–H groups in total. The molecular formula is C10H5BrClNO. The summed E-state index contributed by atoms with van der Waals surface area (Å²) in [6.07, 6.45) is 1.79. The molecule has 1 aromatic rings. The normalized spacial score (nSPS) is 13.6. The van der Waals surface area contributed by atoms with E-state index in [1.165, 1.54) is 0 Å². The summed E-state index contributed by atoms with van der Waals surface area (Å²) in [6.45, 7) is 0.323. The van der Waals surface area contributed by atoms with Gasteiger partial charge in [-0.3, -0.25) is 0 Å². The van der Waals surface area contributed by atoms with E-state index in [0.29, 0.717) is 17.2 Å². The number of benzene rings is 1. The maximum atomic E-state index is 8.71. The fraction of sp³-hybridized carbons (Fsp3) is 0.100. The van der Waals surface area contributed by atoms with Gasteiger partial charge in [0.05, 0.1) is 16.1 Å². The zero-order chi connectivity index (χ0) is 10.1. The Kier molecular flexibility index (Phi) is 2.49. The molecule has 0 spiro atoms. The Morgan fingerprint density at radius 2 is 2.29 bits per heavy atom. The molecule has 14 heavy (non-hydrogen) atoms. The van der Waals surface area contributed by atoms with Crippen molar-refractivity contribution in [2.75, 3.05) is 6.61 Å². The van der Waals surface area contributed by atoms with Crippen LogP contribution in [-0.4, -0.2) is 6.61 Å². The second kappa shape index (κ2) is 3.64. The van der Waals surface area contributed by atoms with Crippen LogP contribution in [0.4, 0.5) is 0 Å². The number of ether oxygens (including phenoxy) is 1. The molecule has 2 rings (SSSR count). The van der Waals surface area contributed by atoms with Crippen LogP contribution >= 0.6 is 27.5 Å². The largest absolute Gasteiger partial charge is 0.486 e. The lowest BCUT2D eigenvalue weighted by molar-refractivity contribution is 0.349. The highest BCUT2D eigenvalue weighted by Crippen LogP contribution is 2.36. The van der Waals surface area contributed by atoms with Gasteiger partial charge in [0, 0.05) is 10.6 Å². The fourth-order valence-electron chi connectivity index (χ4n) is 1.28. The first-order valence-corrected chi connectivity index (χ1v) is 5.10. The van der Waals surface area contributed by atoms with Gasteiger partial charge in [-0.25, -0.2) is 0 Å². The van der Waals surface area contributed by atoms with Crippen LogP contribution in [0.1, 0.15) is 5.56 Å². The highest BCUT2D eigenvalue weighted by molar-refractivity contribution is 9.10. The van der Waals surface area contributed by atoms with E-state index < -0.39 is 0 Å². The van der Waals surface area contributed by atoms with Crippen molar-refractivity contribution in [3.05, 3.63) is 32.8 Å². The number of nitrogens with zero attached hydrogens (tertiary/aromatic N) is 1. The van der Waals surface area contributed by atoms with Crippen LogP contribution in [0.25, 0.3) is 6.08 Å². The Morgan fingerprint density at radius 1 is 1.50 bits per heavy atom. The number of halogens is 2. The molecule has 1 aliphatic heterocycles. The molecule has 0 bridgehead atoms. The summed E-state index contributed by atoms with van der Waals surface area (Å²) in [5.41, 5.74) is 1.44. The Morgan fingerprint density at radius 3 is 3.00 bits per heavy atom. The molecule has 2 nitrogen and oxygen atoms in total. The van der Waals surface area contributed by atoms with Gasteiger partial charge in [0.15, 0.2) is 0 Å². The maximum absolute atomic E-state index is 8.71. The van der Waals surface area contributed by atoms with Gasteiger partial charge < -0.3 is 4.74 Å². The third-order valence-corrected chi connectivity index (χ3v) is 2.69. The topological polar surface area (TPSA) is 33.0 Å². The van der Waals surface area contributed by atoms with Gasteiger partial charge in [0.2, 0.25) is 0 Å².